The number of unbranched alkanes of at least 4 members (excludes halogenated alkanes) is 9. The largest absolute Gasteiger partial charge is 3.00 e. The maximum atomic E-state index is 9.85. The van der Waals surface area contributed by atoms with Gasteiger partial charge in [-0.05, 0) is 38.5 Å². The molecule has 0 fully saturated rings. The van der Waals surface area contributed by atoms with Crippen molar-refractivity contribution < 1.29 is 46.5 Å². The van der Waals surface area contributed by atoms with Gasteiger partial charge in [-0.15, -0.1) is 0 Å². The van der Waals surface area contributed by atoms with Gasteiger partial charge < -0.3 is 29.7 Å². The van der Waals surface area contributed by atoms with Crippen LogP contribution >= 0.6 is 0 Å². The second-order valence-electron chi connectivity index (χ2n) is 6.55. The Kier molecular flexibility index (Phi) is 37.7. The van der Waals surface area contributed by atoms with Gasteiger partial charge in [0.05, 0.1) is 0 Å². The van der Waals surface area contributed by atoms with Gasteiger partial charge in [0.1, 0.15) is 0 Å². The molecule has 0 aromatic heterocycles. The molecule has 0 amide bonds. The van der Waals surface area contributed by atoms with Crippen molar-refractivity contribution in [3.8, 4) is 0 Å². The van der Waals surface area contributed by atoms with Crippen molar-refractivity contribution in [2.24, 2.45) is 0 Å². The second-order valence-corrected chi connectivity index (χ2v) is 6.55. The number of carbonyl (C=O) groups excluding carboxylic acids is 3. The number of carbonyl (C=O) groups is 3. The van der Waals surface area contributed by atoms with Crippen LogP contribution in [0.1, 0.15) is 117 Å². The SMILES string of the molecule is CCCCCCC(=O)[O-].CCCCCCC(=O)[O-].CCCCCCC(=O)[O-].[Co+3]. The Balaban J connectivity index is -0.000000152. The molecule has 0 N–H and O–H groups in total. The number of aliphatic carboxylic acids is 3. The predicted octanol–water partition coefficient (Wildman–Crippen LogP) is 2.12. The van der Waals surface area contributed by atoms with Crippen LogP contribution in [0.3, 0.4) is 0 Å². The van der Waals surface area contributed by atoms with E-state index in [1.54, 1.807) is 0 Å². The molecule has 0 aromatic rings. The molecule has 0 aliphatic heterocycles. The molecule has 0 saturated heterocycles. The first kappa shape index (κ1) is 34.4. The minimum Gasteiger partial charge on any atom is -0.550 e. The monoisotopic (exact) mass is 446 g/mol. The van der Waals surface area contributed by atoms with E-state index < -0.39 is 17.9 Å². The molecule has 0 bridgehead atoms. The van der Waals surface area contributed by atoms with Crippen LogP contribution in [0.15, 0.2) is 0 Å². The van der Waals surface area contributed by atoms with Gasteiger partial charge in [-0.1, -0.05) is 78.6 Å². The van der Waals surface area contributed by atoms with E-state index in [2.05, 4.69) is 20.8 Å². The molecule has 0 radical (unpaired) electrons. The Morgan fingerprint density at radius 2 is 0.679 bits per heavy atom. The summed E-state index contributed by atoms with van der Waals surface area (Å²) in [5.74, 6) is -2.77. The van der Waals surface area contributed by atoms with Crippen LogP contribution in [0.5, 0.6) is 0 Å². The van der Waals surface area contributed by atoms with Gasteiger partial charge in [0.2, 0.25) is 0 Å². The van der Waals surface area contributed by atoms with Gasteiger partial charge in [0.15, 0.2) is 0 Å². The zero-order chi connectivity index (χ0) is 21.3. The summed E-state index contributed by atoms with van der Waals surface area (Å²) in [5, 5.41) is 29.6. The molecule has 0 aliphatic carbocycles. The first-order valence-electron chi connectivity index (χ1n) is 10.4. The molecule has 168 valence electrons. The number of hydrogen-bond acceptors (Lipinski definition) is 6. The third-order valence-corrected chi connectivity index (χ3v) is 3.70. The van der Waals surface area contributed by atoms with Gasteiger partial charge in [-0.2, -0.15) is 0 Å². The fraction of sp³-hybridized carbons (Fsp3) is 0.857. The summed E-state index contributed by atoms with van der Waals surface area (Å²) in [5.41, 5.74) is 0. The van der Waals surface area contributed by atoms with E-state index in [0.717, 1.165) is 77.0 Å². The zero-order valence-electron chi connectivity index (χ0n) is 17.9. The fourth-order valence-electron chi connectivity index (χ4n) is 2.09. The number of rotatable bonds is 15. The van der Waals surface area contributed by atoms with Crippen LogP contribution in [0.25, 0.3) is 0 Å². The molecular formula is C21H39CoO6. The molecule has 6 nitrogen and oxygen atoms in total. The van der Waals surface area contributed by atoms with Gasteiger partial charge in [-0.25, -0.2) is 0 Å². The van der Waals surface area contributed by atoms with Crippen molar-refractivity contribution in [3.05, 3.63) is 0 Å². The smallest absolute Gasteiger partial charge is 0.550 e. The molecule has 28 heavy (non-hydrogen) atoms. The van der Waals surface area contributed by atoms with E-state index in [1.165, 1.54) is 0 Å². The summed E-state index contributed by atoms with van der Waals surface area (Å²) in [7, 11) is 0. The first-order chi connectivity index (χ1) is 12.8. The Hall–Kier alpha value is -1.08. The average molecular weight is 446 g/mol. The number of carboxylic acids is 3. The summed E-state index contributed by atoms with van der Waals surface area (Å²) in [4.78, 5) is 29.6. The van der Waals surface area contributed by atoms with Crippen molar-refractivity contribution in [3.63, 3.8) is 0 Å². The van der Waals surface area contributed by atoms with Crippen LogP contribution in [-0.2, 0) is 31.2 Å². The van der Waals surface area contributed by atoms with Crippen molar-refractivity contribution in [2.75, 3.05) is 0 Å². The Labute approximate surface area is 181 Å². The Morgan fingerprint density at radius 3 is 0.821 bits per heavy atom. The topological polar surface area (TPSA) is 120 Å². The molecule has 0 spiro atoms. The molecule has 0 rings (SSSR count). The molecule has 0 atom stereocenters. The number of hydrogen-bond donors (Lipinski definition) is 0. The van der Waals surface area contributed by atoms with E-state index in [-0.39, 0.29) is 36.0 Å². The van der Waals surface area contributed by atoms with E-state index in [4.69, 9.17) is 0 Å². The maximum absolute atomic E-state index is 9.85. The predicted molar refractivity (Wildman–Crippen MR) is 101 cm³/mol. The van der Waals surface area contributed by atoms with Gasteiger partial charge in [-0.3, -0.25) is 0 Å². The van der Waals surface area contributed by atoms with Crippen LogP contribution in [0, 0.1) is 0 Å². The van der Waals surface area contributed by atoms with Gasteiger partial charge >= 0.3 is 16.8 Å². The average Bonchev–Trinajstić information content (AvgIpc) is 2.60. The third kappa shape index (κ3) is 49.8. The van der Waals surface area contributed by atoms with E-state index >= 15 is 0 Å². The first-order valence-corrected chi connectivity index (χ1v) is 10.4. The maximum Gasteiger partial charge on any atom is 3.00 e. The summed E-state index contributed by atoms with van der Waals surface area (Å²) >= 11 is 0. The fourth-order valence-corrected chi connectivity index (χ4v) is 2.09. The van der Waals surface area contributed by atoms with Crippen molar-refractivity contribution in [2.45, 2.75) is 117 Å². The molecule has 0 saturated carbocycles. The van der Waals surface area contributed by atoms with Crippen LogP contribution in [0.4, 0.5) is 0 Å². The zero-order valence-corrected chi connectivity index (χ0v) is 18.9. The van der Waals surface area contributed by atoms with Crippen molar-refractivity contribution in [1.82, 2.24) is 0 Å². The number of carboxylic acid groups (broad SMARTS) is 3. The Bertz CT molecular complexity index is 295. The van der Waals surface area contributed by atoms with Gasteiger partial charge in [0.25, 0.3) is 0 Å². The standard InChI is InChI=1S/3C7H14O2.Co/c3*1-2-3-4-5-6-7(8)9;/h3*2-6H2,1H3,(H,8,9);/q;;;+3/p-3. The van der Waals surface area contributed by atoms with Crippen molar-refractivity contribution >= 4 is 17.9 Å². The van der Waals surface area contributed by atoms with E-state index in [9.17, 15) is 29.7 Å². The molecule has 0 heterocycles. The summed E-state index contributed by atoms with van der Waals surface area (Å²) in [6, 6.07) is 0. The second kappa shape index (κ2) is 30.6. The van der Waals surface area contributed by atoms with E-state index in [1.807, 2.05) is 0 Å². The summed E-state index contributed by atoms with van der Waals surface area (Å²) in [6.45, 7) is 6.29. The minimum absolute atomic E-state index is 0. The molecule has 0 aliphatic rings. The summed E-state index contributed by atoms with van der Waals surface area (Å²) in [6.07, 6.45) is 12.9. The molecule has 7 heteroatoms. The molecular weight excluding hydrogens is 407 g/mol. The van der Waals surface area contributed by atoms with Crippen LogP contribution in [-0.4, -0.2) is 17.9 Å². The third-order valence-electron chi connectivity index (χ3n) is 3.70. The summed E-state index contributed by atoms with van der Waals surface area (Å²) < 4.78 is 0. The van der Waals surface area contributed by atoms with Gasteiger partial charge in [0, 0.05) is 17.9 Å². The normalized spacial score (nSPS) is 9.11. The van der Waals surface area contributed by atoms with E-state index in [0.29, 0.717) is 0 Å². The minimum atomic E-state index is -0.925. The van der Waals surface area contributed by atoms with Crippen LogP contribution in [0.2, 0.25) is 0 Å². The Morgan fingerprint density at radius 1 is 0.464 bits per heavy atom. The van der Waals surface area contributed by atoms with Crippen LogP contribution < -0.4 is 15.3 Å². The quantitative estimate of drug-likeness (QED) is 0.355. The molecule has 0 unspecified atom stereocenters. The molecule has 0 aromatic carbocycles. The van der Waals surface area contributed by atoms with Crippen molar-refractivity contribution in [1.29, 1.82) is 0 Å².